The number of carbonyl (C=O) groups is 5. The lowest BCUT2D eigenvalue weighted by Gasteiger charge is -2.69. The Labute approximate surface area is 402 Å². The SMILES string of the molecule is CC(=O)O[C@H]1C[C@@]2(C)[C@H](C[C@@H](O)[C@@H]3[C@@]4(C)CC[C@@H](O)[C@@H](C)C4CC[C@@]32C)C1=C(CCC=C(C)C)C(=O)O.CC(=O)O[C@]1(C(=O)CO)[C@H](C)CC2C3CCC4=CC(=O)C=C[C@]4(C)[C@@]3(F)[C@@H](O)C[C@@]21C. The van der Waals surface area contributed by atoms with Crippen LogP contribution in [-0.2, 0) is 33.4 Å². The molecule has 12 nitrogen and oxygen atoms in total. The van der Waals surface area contributed by atoms with Crippen LogP contribution in [0.1, 0.15) is 153 Å². The highest BCUT2D eigenvalue weighted by Crippen LogP contribution is 2.75. The Hall–Kier alpha value is -3.52. The summed E-state index contributed by atoms with van der Waals surface area (Å²) in [5.41, 5.74) is -3.53. The Bertz CT molecular complexity index is 2210. The van der Waals surface area contributed by atoms with Crippen LogP contribution in [0.4, 0.5) is 4.39 Å². The van der Waals surface area contributed by atoms with E-state index in [4.69, 9.17) is 9.47 Å². The molecule has 68 heavy (non-hydrogen) atoms. The van der Waals surface area contributed by atoms with Crippen LogP contribution in [0.5, 0.6) is 0 Å². The van der Waals surface area contributed by atoms with Gasteiger partial charge in [-0.2, -0.15) is 0 Å². The number of esters is 2. The lowest BCUT2D eigenvalue weighted by atomic mass is 9.36. The number of rotatable bonds is 8. The summed E-state index contributed by atoms with van der Waals surface area (Å²) in [6.45, 7) is 20.2. The van der Waals surface area contributed by atoms with Crippen LogP contribution in [0.2, 0.25) is 0 Å². The molecule has 0 bridgehead atoms. The number of aliphatic hydroxyl groups is 4. The molecule has 8 rings (SSSR count). The maximum absolute atomic E-state index is 17.1. The van der Waals surface area contributed by atoms with Crippen molar-refractivity contribution < 1.29 is 63.4 Å². The summed E-state index contributed by atoms with van der Waals surface area (Å²) in [5.74, 6) is -3.70. The van der Waals surface area contributed by atoms with E-state index in [-0.39, 0.29) is 58.2 Å². The van der Waals surface area contributed by atoms with Crippen LogP contribution in [-0.4, -0.2) is 97.3 Å². The minimum absolute atomic E-state index is 0.0474. The van der Waals surface area contributed by atoms with Gasteiger partial charge in [0.1, 0.15) is 12.7 Å². The van der Waals surface area contributed by atoms with Gasteiger partial charge in [-0.3, -0.25) is 19.2 Å². The van der Waals surface area contributed by atoms with Gasteiger partial charge in [-0.1, -0.05) is 64.8 Å². The van der Waals surface area contributed by atoms with Crippen molar-refractivity contribution in [2.45, 2.75) is 189 Å². The fourth-order valence-electron chi connectivity index (χ4n) is 17.5. The second kappa shape index (κ2) is 18.0. The maximum atomic E-state index is 17.1. The predicted molar refractivity (Wildman–Crippen MR) is 252 cm³/mol. The number of ether oxygens (including phenoxy) is 2. The van der Waals surface area contributed by atoms with E-state index in [9.17, 15) is 49.5 Å². The number of aliphatic carboxylic acids is 1. The molecular weight excluding hydrogens is 872 g/mol. The van der Waals surface area contributed by atoms with Crippen LogP contribution in [0, 0.1) is 68.5 Å². The van der Waals surface area contributed by atoms with Crippen molar-refractivity contribution in [3.05, 3.63) is 46.6 Å². The molecule has 8 aliphatic carbocycles. The van der Waals surface area contributed by atoms with Crippen LogP contribution in [0.25, 0.3) is 0 Å². The first-order valence-corrected chi connectivity index (χ1v) is 25.3. The quantitative estimate of drug-likeness (QED) is 0.0889. The zero-order chi connectivity index (χ0) is 50.5. The molecule has 8 aliphatic rings. The fraction of sp³-hybridized carbons (Fsp3) is 0.764. The second-order valence-electron chi connectivity index (χ2n) is 24.0. The van der Waals surface area contributed by atoms with E-state index >= 15 is 4.39 Å². The summed E-state index contributed by atoms with van der Waals surface area (Å²) in [6.07, 6.45) is 10.5. The summed E-state index contributed by atoms with van der Waals surface area (Å²) >= 11 is 0. The average molecular weight is 951 g/mol. The zero-order valence-electron chi connectivity index (χ0n) is 42.3. The highest BCUT2D eigenvalue weighted by Gasteiger charge is 2.77. The molecule has 5 N–H and O–H groups in total. The number of allylic oxidation sites excluding steroid dienone is 6. The molecule has 3 unspecified atom stereocenters. The molecule has 0 heterocycles. The van der Waals surface area contributed by atoms with Crippen LogP contribution in [0.3, 0.4) is 0 Å². The minimum Gasteiger partial charge on any atom is -0.478 e. The van der Waals surface area contributed by atoms with Gasteiger partial charge in [0.2, 0.25) is 5.78 Å². The monoisotopic (exact) mass is 951 g/mol. The highest BCUT2D eigenvalue weighted by atomic mass is 19.1. The van der Waals surface area contributed by atoms with Gasteiger partial charge in [-0.25, -0.2) is 9.18 Å². The molecule has 7 saturated carbocycles. The van der Waals surface area contributed by atoms with Gasteiger partial charge in [0.05, 0.1) is 18.3 Å². The molecule has 13 heteroatoms. The Kier molecular flexibility index (Phi) is 13.8. The highest BCUT2D eigenvalue weighted by molar-refractivity contribution is 6.01. The van der Waals surface area contributed by atoms with Gasteiger partial charge in [-0.15, -0.1) is 0 Å². The Morgan fingerprint density at radius 3 is 2.12 bits per heavy atom. The third kappa shape index (κ3) is 7.50. The van der Waals surface area contributed by atoms with E-state index in [1.807, 2.05) is 19.9 Å². The number of carboxylic acids is 1. The van der Waals surface area contributed by atoms with E-state index in [2.05, 4.69) is 27.7 Å². The van der Waals surface area contributed by atoms with Crippen molar-refractivity contribution in [2.24, 2.45) is 68.5 Å². The number of hydrogen-bond donors (Lipinski definition) is 5. The molecule has 0 aromatic carbocycles. The van der Waals surface area contributed by atoms with Crippen molar-refractivity contribution in [1.29, 1.82) is 0 Å². The van der Waals surface area contributed by atoms with Crippen molar-refractivity contribution in [3.8, 4) is 0 Å². The van der Waals surface area contributed by atoms with E-state index in [0.717, 1.165) is 36.8 Å². The van der Waals surface area contributed by atoms with Gasteiger partial charge in [0.15, 0.2) is 17.1 Å². The van der Waals surface area contributed by atoms with Gasteiger partial charge >= 0.3 is 17.9 Å². The molecule has 0 aliphatic heterocycles. The number of ketones is 2. The second-order valence-corrected chi connectivity index (χ2v) is 24.0. The van der Waals surface area contributed by atoms with Gasteiger partial charge in [0, 0.05) is 42.1 Å². The topological polar surface area (TPSA) is 205 Å². The summed E-state index contributed by atoms with van der Waals surface area (Å²) < 4.78 is 28.7. The lowest BCUT2D eigenvalue weighted by Crippen LogP contribution is -2.70. The summed E-state index contributed by atoms with van der Waals surface area (Å²) in [6, 6.07) is 0. The Morgan fingerprint density at radius 2 is 1.51 bits per heavy atom. The molecule has 0 spiro atoms. The maximum Gasteiger partial charge on any atom is 0.331 e. The number of carbonyl (C=O) groups excluding carboxylic acids is 4. The molecule has 0 aromatic heterocycles. The first-order valence-electron chi connectivity index (χ1n) is 25.3. The van der Waals surface area contributed by atoms with E-state index in [0.29, 0.717) is 62.0 Å². The number of halogens is 1. The standard InChI is InChI=1S/C31H48O6.C24H31FO6/c1-17(2)9-8-10-20(28(35)36)26-22-15-24(34)27-29(5)13-12-23(33)18(3)21(29)11-14-30(27,6)31(22,7)16-25(26)37-19(4)32;1-13-9-18-17-6-5-15-10-16(28)7-8-21(15,3)23(17,25)19(29)11-22(18,4)24(13,20(30)12-26)31-14(2)27/h9,18,21-25,27,33-34H,8,10-16H2,1-7H3,(H,35,36);7-8,10,13,17-19,26,29H,5-6,9,11-12H2,1-4H3/t18-,21?,22+,23+,24+,25-,27+,29-,30-,31-;13-,17?,18?,19+,21+,22+,23+,24+/m01/s1. The number of fused-ring (bicyclic) bond motifs is 10. The molecule has 0 aromatic rings. The van der Waals surface area contributed by atoms with Crippen LogP contribution < -0.4 is 0 Å². The number of carboxylic acid groups (broad SMARTS) is 1. The minimum atomic E-state index is -2.02. The van der Waals surface area contributed by atoms with Crippen molar-refractivity contribution in [3.63, 3.8) is 0 Å². The summed E-state index contributed by atoms with van der Waals surface area (Å²) in [5, 5.41) is 53.9. The number of aliphatic hydroxyl groups excluding tert-OH is 4. The molecule has 0 radical (unpaired) electrons. The summed E-state index contributed by atoms with van der Waals surface area (Å²) in [7, 11) is 0. The van der Waals surface area contributed by atoms with Crippen molar-refractivity contribution >= 4 is 29.5 Å². The Morgan fingerprint density at radius 1 is 0.838 bits per heavy atom. The molecule has 18 atom stereocenters. The number of Topliss-reactive ketones (excluding diaryl/α,β-unsaturated/α-hetero) is 1. The smallest absolute Gasteiger partial charge is 0.331 e. The first kappa shape index (κ1) is 52.3. The average Bonchev–Trinajstić information content (AvgIpc) is 3.64. The molecule has 7 fully saturated rings. The molecular formula is C55H79FO12. The third-order valence-electron chi connectivity index (χ3n) is 20.6. The van der Waals surface area contributed by atoms with Crippen molar-refractivity contribution in [2.75, 3.05) is 6.61 Å². The van der Waals surface area contributed by atoms with Gasteiger partial charge in [-0.05, 0) is 161 Å². The first-order chi connectivity index (χ1) is 31.5. The molecule has 0 saturated heterocycles. The summed E-state index contributed by atoms with van der Waals surface area (Å²) in [4.78, 5) is 61.8. The number of alkyl halides is 1. The van der Waals surface area contributed by atoms with Crippen LogP contribution >= 0.6 is 0 Å². The molecule has 378 valence electrons. The van der Waals surface area contributed by atoms with Gasteiger partial charge in [0.25, 0.3) is 0 Å². The zero-order valence-corrected chi connectivity index (χ0v) is 42.3. The fourth-order valence-corrected chi connectivity index (χ4v) is 17.5. The predicted octanol–water partition coefficient (Wildman–Crippen LogP) is 8.13. The molecule has 0 amide bonds. The van der Waals surface area contributed by atoms with E-state index in [1.165, 1.54) is 26.0 Å². The lowest BCUT2D eigenvalue weighted by molar-refractivity contribution is -0.234. The normalized spacial score (nSPS) is 47.2. The van der Waals surface area contributed by atoms with Crippen molar-refractivity contribution in [1.82, 2.24) is 0 Å². The van der Waals surface area contributed by atoms with Crippen LogP contribution in [0.15, 0.2) is 46.6 Å². The van der Waals surface area contributed by atoms with E-state index in [1.54, 1.807) is 26.8 Å². The van der Waals surface area contributed by atoms with E-state index < -0.39 is 82.5 Å². The largest absolute Gasteiger partial charge is 0.478 e. The third-order valence-corrected chi connectivity index (χ3v) is 20.6. The Balaban J connectivity index is 0.000000204. The van der Waals surface area contributed by atoms with Gasteiger partial charge < -0.3 is 35.0 Å². The number of hydrogen-bond acceptors (Lipinski definition) is 11.